The average molecular weight is 682 g/mol. The lowest BCUT2D eigenvalue weighted by atomic mass is 9.71. The van der Waals surface area contributed by atoms with Crippen LogP contribution >= 0.6 is 0 Å². The maximum absolute atomic E-state index is 13.9. The van der Waals surface area contributed by atoms with Crippen LogP contribution in [-0.4, -0.2) is 28.4 Å². The fourth-order valence-corrected chi connectivity index (χ4v) is 7.56. The first-order valence-electron chi connectivity index (χ1n) is 16.5. The predicted molar refractivity (Wildman–Crippen MR) is 198 cm³/mol. The van der Waals surface area contributed by atoms with Crippen LogP contribution in [-0.2, 0) is 5.41 Å². The van der Waals surface area contributed by atoms with E-state index in [2.05, 4.69) is 123 Å². The van der Waals surface area contributed by atoms with Crippen molar-refractivity contribution < 1.29 is 22.8 Å². The predicted octanol–water partition coefficient (Wildman–Crippen LogP) is 10.7. The molecule has 0 fully saturated rings. The van der Waals surface area contributed by atoms with Crippen molar-refractivity contribution in [1.82, 2.24) is 0 Å². The third-order valence-electron chi connectivity index (χ3n) is 10.8. The molecular weight excluding hydrogens is 634 g/mol. The highest BCUT2D eigenvalue weighted by atomic mass is 28.4. The highest BCUT2D eigenvalue weighted by Crippen LogP contribution is 2.43. The molecule has 48 heavy (non-hydrogen) atoms. The number of rotatable bonds is 8. The van der Waals surface area contributed by atoms with Gasteiger partial charge in [0.25, 0.3) is 11.8 Å². The number of nitrogens with zero attached hydrogens (tertiary/aromatic N) is 1. The lowest BCUT2D eigenvalue weighted by molar-refractivity contribution is 0.0926. The van der Waals surface area contributed by atoms with Crippen LogP contribution in [0, 0.1) is 5.82 Å². The van der Waals surface area contributed by atoms with Crippen LogP contribution in [0.5, 0.6) is 11.5 Å². The SMILES string of the molecule is CC(c1ccc(O[Si](C)(C)C(C)(C)C)cc1)(c1ccc(O[Si](C)(C)C(C)(C)C)cc1)c1ccc(N2C(=O)c3ccc(F)cc3C2=O)cc1. The fourth-order valence-electron chi connectivity index (χ4n) is 5.50. The van der Waals surface area contributed by atoms with Crippen molar-refractivity contribution in [2.75, 3.05) is 4.90 Å². The number of fused-ring (bicyclic) bond motifs is 1. The molecule has 0 atom stereocenters. The van der Waals surface area contributed by atoms with E-state index in [-0.39, 0.29) is 21.2 Å². The second-order valence-corrected chi connectivity index (χ2v) is 25.5. The van der Waals surface area contributed by atoms with Crippen LogP contribution < -0.4 is 13.8 Å². The summed E-state index contributed by atoms with van der Waals surface area (Å²) in [5.74, 6) is 0.163. The van der Waals surface area contributed by atoms with Gasteiger partial charge in [0.15, 0.2) is 0 Å². The van der Waals surface area contributed by atoms with Crippen LogP contribution in [0.25, 0.3) is 0 Å². The van der Waals surface area contributed by atoms with Crippen molar-refractivity contribution in [3.63, 3.8) is 0 Å². The number of amides is 2. The van der Waals surface area contributed by atoms with E-state index < -0.39 is 39.7 Å². The molecule has 1 aliphatic rings. The summed E-state index contributed by atoms with van der Waals surface area (Å²) < 4.78 is 27.1. The molecule has 0 aliphatic carbocycles. The van der Waals surface area contributed by atoms with Gasteiger partial charge in [-0.1, -0.05) is 77.9 Å². The third-order valence-corrected chi connectivity index (χ3v) is 19.5. The lowest BCUT2D eigenvalue weighted by Crippen LogP contribution is -2.43. The quantitative estimate of drug-likeness (QED) is 0.106. The summed E-state index contributed by atoms with van der Waals surface area (Å²) in [5, 5.41) is 0.146. The number of benzene rings is 4. The Labute approximate surface area is 287 Å². The summed E-state index contributed by atoms with van der Waals surface area (Å²) >= 11 is 0. The monoisotopic (exact) mass is 681 g/mol. The Morgan fingerprint density at radius 3 is 1.31 bits per heavy atom. The van der Waals surface area contributed by atoms with Crippen LogP contribution in [0.3, 0.4) is 0 Å². The van der Waals surface area contributed by atoms with E-state index in [0.717, 1.165) is 39.2 Å². The second-order valence-electron chi connectivity index (χ2n) is 16.1. The summed E-state index contributed by atoms with van der Waals surface area (Å²) in [4.78, 5) is 27.5. The molecule has 4 aromatic rings. The van der Waals surface area contributed by atoms with Crippen molar-refractivity contribution in [1.29, 1.82) is 0 Å². The first-order valence-corrected chi connectivity index (χ1v) is 22.4. The molecule has 0 N–H and O–H groups in total. The Hall–Kier alpha value is -4.02. The molecule has 1 heterocycles. The number of anilines is 1. The molecule has 252 valence electrons. The largest absolute Gasteiger partial charge is 0.544 e. The molecule has 1 aliphatic heterocycles. The molecule has 5 rings (SSSR count). The Morgan fingerprint density at radius 2 is 0.917 bits per heavy atom. The zero-order chi connectivity index (χ0) is 35.4. The highest BCUT2D eigenvalue weighted by molar-refractivity contribution is 6.75. The number of halogens is 1. The molecule has 8 heteroatoms. The second kappa shape index (κ2) is 12.1. The van der Waals surface area contributed by atoms with Gasteiger partial charge < -0.3 is 8.85 Å². The Kier molecular flexibility index (Phi) is 8.93. The molecular formula is C40H48FNO4Si2. The maximum Gasteiger partial charge on any atom is 0.266 e. The summed E-state index contributed by atoms with van der Waals surface area (Å²) in [7, 11) is -4.05. The van der Waals surface area contributed by atoms with Crippen molar-refractivity contribution in [2.24, 2.45) is 0 Å². The Bertz CT molecular complexity index is 1760. The van der Waals surface area contributed by atoms with Gasteiger partial charge in [0, 0.05) is 5.41 Å². The normalized spacial score (nSPS) is 14.3. The zero-order valence-corrected chi connectivity index (χ0v) is 32.1. The molecule has 2 amide bonds. The van der Waals surface area contributed by atoms with Gasteiger partial charge in [-0.3, -0.25) is 9.59 Å². The van der Waals surface area contributed by atoms with Gasteiger partial charge >= 0.3 is 0 Å². The third kappa shape index (κ3) is 6.40. The van der Waals surface area contributed by atoms with E-state index >= 15 is 0 Å². The average Bonchev–Trinajstić information content (AvgIpc) is 3.24. The number of imide groups is 1. The minimum absolute atomic E-state index is 0.0732. The van der Waals surface area contributed by atoms with Crippen molar-refractivity contribution in [2.45, 2.75) is 90.1 Å². The molecule has 0 unspecified atom stereocenters. The highest BCUT2D eigenvalue weighted by Gasteiger charge is 2.41. The number of hydrogen-bond acceptors (Lipinski definition) is 4. The number of carbonyl (C=O) groups is 2. The van der Waals surface area contributed by atoms with Gasteiger partial charge in [-0.05, 0) is 114 Å². The Morgan fingerprint density at radius 1 is 0.542 bits per heavy atom. The molecule has 5 nitrogen and oxygen atoms in total. The van der Waals surface area contributed by atoms with E-state index in [1.54, 1.807) is 12.1 Å². The van der Waals surface area contributed by atoms with Gasteiger partial charge in [0.2, 0.25) is 16.6 Å². The maximum atomic E-state index is 13.9. The Balaban J connectivity index is 1.54. The molecule has 0 radical (unpaired) electrons. The van der Waals surface area contributed by atoms with Crippen LogP contribution in [0.2, 0.25) is 36.3 Å². The lowest BCUT2D eigenvalue weighted by Gasteiger charge is -2.37. The van der Waals surface area contributed by atoms with Gasteiger partial charge in [-0.15, -0.1) is 0 Å². The van der Waals surface area contributed by atoms with E-state index in [1.807, 2.05) is 12.1 Å². The summed E-state index contributed by atoms with van der Waals surface area (Å²) in [6.07, 6.45) is 0. The van der Waals surface area contributed by atoms with Gasteiger partial charge in [0.1, 0.15) is 17.3 Å². The van der Waals surface area contributed by atoms with Crippen molar-refractivity contribution >= 4 is 34.1 Å². The van der Waals surface area contributed by atoms with Crippen molar-refractivity contribution in [3.8, 4) is 11.5 Å². The minimum atomic E-state index is -2.03. The molecule has 0 spiro atoms. The van der Waals surface area contributed by atoms with Crippen LogP contribution in [0.15, 0.2) is 91.0 Å². The van der Waals surface area contributed by atoms with Crippen molar-refractivity contribution in [3.05, 3.63) is 125 Å². The summed E-state index contributed by atoms with van der Waals surface area (Å²) in [6.45, 7) is 24.5. The van der Waals surface area contributed by atoms with Crippen LogP contribution in [0.4, 0.5) is 10.1 Å². The van der Waals surface area contributed by atoms with E-state index in [1.165, 1.54) is 12.1 Å². The smallest absolute Gasteiger partial charge is 0.266 e. The first kappa shape index (κ1) is 35.3. The minimum Gasteiger partial charge on any atom is -0.544 e. The number of carbonyl (C=O) groups excluding carboxylic acids is 2. The van der Waals surface area contributed by atoms with E-state index in [9.17, 15) is 14.0 Å². The standard InChI is InChI=1S/C40H48FNO4Si2/c1-38(2,3)47(8,9)45-32-21-14-28(15-22-32)40(7,29-16-23-33(24-17-29)46-48(10,11)39(4,5)6)27-12-19-31(20-13-27)42-36(43)34-25-18-30(41)26-35(34)37(42)44/h12-26H,1-11H3. The van der Waals surface area contributed by atoms with Crippen LogP contribution in [0.1, 0.15) is 85.9 Å². The molecule has 4 aromatic carbocycles. The zero-order valence-electron chi connectivity index (χ0n) is 30.1. The topological polar surface area (TPSA) is 55.8 Å². The molecule has 0 aromatic heterocycles. The van der Waals surface area contributed by atoms with Gasteiger partial charge in [-0.2, -0.15) is 0 Å². The van der Waals surface area contributed by atoms with Gasteiger partial charge in [-0.25, -0.2) is 9.29 Å². The summed E-state index contributed by atoms with van der Waals surface area (Å²) in [5.41, 5.74) is 3.21. The fraction of sp³-hybridized carbons (Fsp3) is 0.350. The summed E-state index contributed by atoms with van der Waals surface area (Å²) in [6, 6.07) is 27.9. The molecule has 0 bridgehead atoms. The number of hydrogen-bond donors (Lipinski definition) is 0. The molecule has 0 saturated heterocycles. The van der Waals surface area contributed by atoms with E-state index in [0.29, 0.717) is 5.69 Å². The molecule has 0 saturated carbocycles. The van der Waals surface area contributed by atoms with Gasteiger partial charge in [0.05, 0.1) is 16.8 Å². The van der Waals surface area contributed by atoms with E-state index in [4.69, 9.17) is 8.85 Å². The first-order chi connectivity index (χ1) is 22.2.